The van der Waals surface area contributed by atoms with E-state index in [1.807, 2.05) is 0 Å². The minimum Gasteiger partial charge on any atom is -0.273 e. The molecule has 1 aliphatic heterocycles. The Balaban J connectivity index is 1.51. The lowest BCUT2D eigenvalue weighted by Crippen LogP contribution is -2.46. The lowest BCUT2D eigenvalue weighted by molar-refractivity contribution is -0.147. The van der Waals surface area contributed by atoms with Gasteiger partial charge >= 0.3 is 0 Å². The van der Waals surface area contributed by atoms with E-state index in [4.69, 9.17) is 16.6 Å². The first-order chi connectivity index (χ1) is 15.9. The molecule has 1 N–H and O–H groups in total. The number of imide groups is 1. The Morgan fingerprint density at radius 3 is 2.48 bits per heavy atom. The summed E-state index contributed by atoms with van der Waals surface area (Å²) in [5.41, 5.74) is 3.86. The molecule has 1 fully saturated rings. The van der Waals surface area contributed by atoms with Crippen molar-refractivity contribution in [2.24, 2.45) is 0 Å². The minimum atomic E-state index is -0.522. The fraction of sp³-hybridized carbons (Fsp3) is 0.318. The van der Waals surface area contributed by atoms with E-state index in [1.165, 1.54) is 20.8 Å². The van der Waals surface area contributed by atoms with Crippen molar-refractivity contribution in [1.29, 1.82) is 0 Å². The van der Waals surface area contributed by atoms with E-state index >= 15 is 0 Å². The molecule has 2 aromatic heterocycles. The van der Waals surface area contributed by atoms with Crippen molar-refractivity contribution in [2.45, 2.75) is 43.7 Å². The van der Waals surface area contributed by atoms with Gasteiger partial charge in [0.05, 0.1) is 16.8 Å². The predicted octanol–water partition coefficient (Wildman–Crippen LogP) is 3.25. The lowest BCUT2D eigenvalue weighted by Gasteiger charge is -2.16. The van der Waals surface area contributed by atoms with Crippen molar-refractivity contribution in [3.8, 4) is 5.69 Å². The van der Waals surface area contributed by atoms with Gasteiger partial charge in [-0.05, 0) is 55.5 Å². The van der Waals surface area contributed by atoms with Gasteiger partial charge in [-0.25, -0.2) is 4.98 Å². The van der Waals surface area contributed by atoms with Crippen molar-refractivity contribution in [3.63, 3.8) is 0 Å². The average molecular weight is 503 g/mol. The van der Waals surface area contributed by atoms with E-state index in [-0.39, 0.29) is 24.2 Å². The van der Waals surface area contributed by atoms with Crippen molar-refractivity contribution < 1.29 is 14.4 Å². The summed E-state index contributed by atoms with van der Waals surface area (Å²) in [7, 11) is 0. The second kappa shape index (κ2) is 8.92. The summed E-state index contributed by atoms with van der Waals surface area (Å²) in [6, 6.07) is 6.87. The first-order valence-corrected chi connectivity index (χ1v) is 12.7. The minimum absolute atomic E-state index is 0.0869. The Kier molecular flexibility index (Phi) is 5.98. The molecule has 11 heteroatoms. The number of nitrogens with one attached hydrogen (secondary N) is 1. The molecule has 2 aliphatic rings. The summed E-state index contributed by atoms with van der Waals surface area (Å²) < 4.78 is 1.50. The monoisotopic (exact) mass is 502 g/mol. The third-order valence-corrected chi connectivity index (χ3v) is 8.04. The largest absolute Gasteiger partial charge is 0.273 e. The van der Waals surface area contributed by atoms with Crippen LogP contribution in [-0.4, -0.2) is 38.0 Å². The number of aryl methyl sites for hydroxylation is 2. The number of carbonyl (C=O) groups excluding carboxylic acids is 3. The fourth-order valence-corrected chi connectivity index (χ4v) is 6.32. The first kappa shape index (κ1) is 22.1. The second-order valence-corrected chi connectivity index (χ2v) is 10.3. The van der Waals surface area contributed by atoms with E-state index in [0.29, 0.717) is 26.1 Å². The molecule has 1 aromatic carbocycles. The molecule has 0 radical (unpaired) electrons. The number of halogens is 1. The first-order valence-electron chi connectivity index (χ1n) is 10.5. The van der Waals surface area contributed by atoms with Gasteiger partial charge in [-0.1, -0.05) is 23.4 Å². The molecular weight excluding hydrogens is 484 g/mol. The maximum atomic E-state index is 13.7. The maximum Gasteiger partial charge on any atom is 0.267 e. The van der Waals surface area contributed by atoms with E-state index < -0.39 is 17.7 Å². The molecule has 0 saturated carbocycles. The molecule has 0 bridgehead atoms. The van der Waals surface area contributed by atoms with Gasteiger partial charge in [-0.2, -0.15) is 5.01 Å². The van der Waals surface area contributed by atoms with Gasteiger partial charge in [0.25, 0.3) is 5.56 Å². The Bertz CT molecular complexity index is 1330. The molecule has 1 aliphatic carbocycles. The molecule has 5 rings (SSSR count). The van der Waals surface area contributed by atoms with Crippen LogP contribution in [0.3, 0.4) is 0 Å². The van der Waals surface area contributed by atoms with Crippen LogP contribution in [0.2, 0.25) is 5.02 Å². The number of hydrogen-bond donors (Lipinski definition) is 1. The molecule has 3 amide bonds. The standard InChI is InChI=1S/C22H19ClN4O4S2/c23-12-5-7-13(8-6-12)26-21(31)19-14-3-1-2-4-15(14)33-20(19)24-22(26)32-11-16(28)25-27-17(29)9-10-18(27)30/h5-8H,1-4,9-11H2,(H,25,28). The Hall–Kier alpha value is -2.69. The number of fused-ring (bicyclic) bond motifs is 3. The van der Waals surface area contributed by atoms with Crippen LogP contribution < -0.4 is 11.0 Å². The van der Waals surface area contributed by atoms with Crippen LogP contribution >= 0.6 is 34.7 Å². The van der Waals surface area contributed by atoms with Crippen LogP contribution in [0.25, 0.3) is 15.9 Å². The number of amides is 3. The summed E-state index contributed by atoms with van der Waals surface area (Å²) in [6.07, 6.45) is 4.12. The Morgan fingerprint density at radius 1 is 1.06 bits per heavy atom. The zero-order valence-corrected chi connectivity index (χ0v) is 19.8. The highest BCUT2D eigenvalue weighted by atomic mass is 35.5. The van der Waals surface area contributed by atoms with Crippen molar-refractivity contribution in [3.05, 3.63) is 50.1 Å². The third-order valence-electron chi connectivity index (χ3n) is 5.66. The van der Waals surface area contributed by atoms with Gasteiger partial charge in [0.2, 0.25) is 17.7 Å². The summed E-state index contributed by atoms with van der Waals surface area (Å²) in [5.74, 6) is -1.50. The highest BCUT2D eigenvalue weighted by molar-refractivity contribution is 7.99. The van der Waals surface area contributed by atoms with E-state index in [0.717, 1.165) is 48.0 Å². The highest BCUT2D eigenvalue weighted by Gasteiger charge is 2.30. The van der Waals surface area contributed by atoms with Crippen molar-refractivity contribution in [1.82, 2.24) is 20.0 Å². The van der Waals surface area contributed by atoms with Gasteiger partial charge in [0, 0.05) is 22.7 Å². The zero-order chi connectivity index (χ0) is 23.1. The van der Waals surface area contributed by atoms with Gasteiger partial charge in [0.1, 0.15) is 4.83 Å². The normalized spacial score (nSPS) is 15.8. The summed E-state index contributed by atoms with van der Waals surface area (Å²) in [5, 5.41) is 2.32. The predicted molar refractivity (Wildman–Crippen MR) is 127 cm³/mol. The number of rotatable bonds is 5. The van der Waals surface area contributed by atoms with Crippen LogP contribution in [0.4, 0.5) is 0 Å². The zero-order valence-electron chi connectivity index (χ0n) is 17.4. The molecule has 33 heavy (non-hydrogen) atoms. The molecule has 3 aromatic rings. The van der Waals surface area contributed by atoms with E-state index in [1.54, 1.807) is 24.3 Å². The van der Waals surface area contributed by atoms with Gasteiger partial charge < -0.3 is 0 Å². The van der Waals surface area contributed by atoms with Crippen LogP contribution in [0.15, 0.2) is 34.2 Å². The number of nitrogens with zero attached hydrogens (tertiary/aromatic N) is 3. The van der Waals surface area contributed by atoms with Gasteiger partial charge in [0.15, 0.2) is 5.16 Å². The average Bonchev–Trinajstić information content (AvgIpc) is 3.33. The smallest absolute Gasteiger partial charge is 0.267 e. The van der Waals surface area contributed by atoms with Crippen LogP contribution in [0.1, 0.15) is 36.1 Å². The fourth-order valence-electron chi connectivity index (χ4n) is 4.09. The quantitative estimate of drug-likeness (QED) is 0.326. The molecular formula is C22H19ClN4O4S2. The number of carbonyl (C=O) groups is 3. The Labute approximate surface area is 201 Å². The lowest BCUT2D eigenvalue weighted by atomic mass is 9.97. The maximum absolute atomic E-state index is 13.7. The second-order valence-electron chi connectivity index (χ2n) is 7.85. The summed E-state index contributed by atoms with van der Waals surface area (Å²) in [4.78, 5) is 56.3. The SMILES string of the molecule is O=C(CSc1nc2sc3c(c2c(=O)n1-c1ccc(Cl)cc1)CCCC3)NN1C(=O)CCC1=O. The molecule has 8 nitrogen and oxygen atoms in total. The molecule has 3 heterocycles. The van der Waals surface area contributed by atoms with Crippen molar-refractivity contribution >= 4 is 62.6 Å². The summed E-state index contributed by atoms with van der Waals surface area (Å²) in [6.45, 7) is 0. The molecule has 1 saturated heterocycles. The number of thiophene rings is 1. The highest BCUT2D eigenvalue weighted by Crippen LogP contribution is 2.35. The summed E-state index contributed by atoms with van der Waals surface area (Å²) >= 11 is 8.66. The van der Waals surface area contributed by atoms with Gasteiger partial charge in [-0.3, -0.25) is 29.2 Å². The Morgan fingerprint density at radius 2 is 1.76 bits per heavy atom. The topological polar surface area (TPSA) is 101 Å². The molecule has 0 unspecified atom stereocenters. The number of hydrogen-bond acceptors (Lipinski definition) is 7. The van der Waals surface area contributed by atoms with E-state index in [2.05, 4.69) is 5.43 Å². The number of aromatic nitrogens is 2. The number of benzene rings is 1. The number of hydrazine groups is 1. The van der Waals surface area contributed by atoms with Crippen molar-refractivity contribution in [2.75, 3.05) is 5.75 Å². The van der Waals surface area contributed by atoms with Crippen LogP contribution in [0.5, 0.6) is 0 Å². The number of thioether (sulfide) groups is 1. The molecule has 0 atom stereocenters. The van der Waals surface area contributed by atoms with Gasteiger partial charge in [-0.15, -0.1) is 11.3 Å². The van der Waals surface area contributed by atoms with Crippen LogP contribution in [0, 0.1) is 0 Å². The third kappa shape index (κ3) is 4.18. The van der Waals surface area contributed by atoms with E-state index in [9.17, 15) is 19.2 Å². The molecule has 170 valence electrons. The van der Waals surface area contributed by atoms with Crippen LogP contribution in [-0.2, 0) is 27.2 Å². The molecule has 0 spiro atoms.